The number of hydrogen-bond donors (Lipinski definition) is 2. The van der Waals surface area contributed by atoms with Gasteiger partial charge in [-0.1, -0.05) is 20.8 Å². The number of aliphatic hydroxyl groups is 1. The maximum Gasteiger partial charge on any atom is 0.240 e. The third-order valence-corrected chi connectivity index (χ3v) is 4.55. The van der Waals surface area contributed by atoms with E-state index in [1.54, 1.807) is 12.1 Å². The minimum atomic E-state index is -3.51. The molecule has 1 aromatic carbocycles. The van der Waals surface area contributed by atoms with Crippen LogP contribution in [0.2, 0.25) is 0 Å². The zero-order valence-corrected chi connectivity index (χ0v) is 13.0. The summed E-state index contributed by atoms with van der Waals surface area (Å²) in [5.74, 6) is 0.774. The Morgan fingerprint density at radius 2 is 1.85 bits per heavy atom. The lowest BCUT2D eigenvalue weighted by atomic mass is 10.0. The molecule has 1 unspecified atom stereocenters. The second-order valence-corrected chi connectivity index (χ2v) is 6.64. The topological polar surface area (TPSA) is 75.6 Å². The molecule has 2 N–H and O–H groups in total. The molecule has 0 radical (unpaired) electrons. The summed E-state index contributed by atoms with van der Waals surface area (Å²) in [7, 11) is -3.51. The number of hydrogen-bond acceptors (Lipinski definition) is 4. The van der Waals surface area contributed by atoms with Crippen molar-refractivity contribution in [3.8, 4) is 5.75 Å². The van der Waals surface area contributed by atoms with E-state index in [0.29, 0.717) is 5.75 Å². The van der Waals surface area contributed by atoms with Gasteiger partial charge in [0.2, 0.25) is 10.0 Å². The summed E-state index contributed by atoms with van der Waals surface area (Å²) in [6.45, 7) is 6.05. The van der Waals surface area contributed by atoms with Crippen molar-refractivity contribution in [2.75, 3.05) is 13.2 Å². The lowest BCUT2D eigenvalue weighted by Gasteiger charge is -2.20. The second kappa shape index (κ2) is 7.61. The van der Waals surface area contributed by atoms with Crippen molar-refractivity contribution < 1.29 is 18.3 Å². The summed E-state index contributed by atoms with van der Waals surface area (Å²) in [5, 5.41) is 8.66. The molecule has 5 nitrogen and oxygen atoms in total. The molecule has 20 heavy (non-hydrogen) atoms. The van der Waals surface area contributed by atoms with E-state index in [-0.39, 0.29) is 30.1 Å². The smallest absolute Gasteiger partial charge is 0.240 e. The Balaban J connectivity index is 2.82. The monoisotopic (exact) mass is 301 g/mol. The van der Waals surface area contributed by atoms with Crippen molar-refractivity contribution in [2.24, 2.45) is 5.92 Å². The van der Waals surface area contributed by atoms with Gasteiger partial charge >= 0.3 is 0 Å². The lowest BCUT2D eigenvalue weighted by Crippen LogP contribution is -2.37. The van der Waals surface area contributed by atoms with Gasteiger partial charge in [0.1, 0.15) is 12.4 Å². The standard InChI is InChI=1S/C14H23NO4S/c1-4-14(11(2)3)15-20(17,18)13-7-5-12(6-8-13)19-10-9-16/h5-8,11,14-16H,4,9-10H2,1-3H3. The predicted octanol–water partition coefficient (Wildman–Crippen LogP) is 1.77. The maximum atomic E-state index is 12.2. The van der Waals surface area contributed by atoms with E-state index < -0.39 is 10.0 Å². The van der Waals surface area contributed by atoms with Crippen LogP contribution in [0.15, 0.2) is 29.2 Å². The van der Waals surface area contributed by atoms with E-state index in [1.165, 1.54) is 12.1 Å². The second-order valence-electron chi connectivity index (χ2n) is 4.92. The van der Waals surface area contributed by atoms with Crippen LogP contribution >= 0.6 is 0 Å². The van der Waals surface area contributed by atoms with E-state index in [0.717, 1.165) is 6.42 Å². The quantitative estimate of drug-likeness (QED) is 0.767. The van der Waals surface area contributed by atoms with Gasteiger partial charge in [-0.3, -0.25) is 0 Å². The van der Waals surface area contributed by atoms with Crippen LogP contribution in [0.25, 0.3) is 0 Å². The Morgan fingerprint density at radius 3 is 2.30 bits per heavy atom. The van der Waals surface area contributed by atoms with E-state index >= 15 is 0 Å². The van der Waals surface area contributed by atoms with Crippen molar-refractivity contribution >= 4 is 10.0 Å². The zero-order valence-electron chi connectivity index (χ0n) is 12.2. The van der Waals surface area contributed by atoms with Crippen molar-refractivity contribution in [1.82, 2.24) is 4.72 Å². The van der Waals surface area contributed by atoms with Crippen LogP contribution in [-0.2, 0) is 10.0 Å². The van der Waals surface area contributed by atoms with Crippen LogP contribution in [0, 0.1) is 5.92 Å². The molecule has 114 valence electrons. The Hall–Kier alpha value is -1.11. The van der Waals surface area contributed by atoms with Crippen molar-refractivity contribution in [1.29, 1.82) is 0 Å². The highest BCUT2D eigenvalue weighted by Gasteiger charge is 2.21. The molecule has 0 bridgehead atoms. The van der Waals surface area contributed by atoms with Gasteiger partial charge in [0.25, 0.3) is 0 Å². The third-order valence-electron chi connectivity index (χ3n) is 3.05. The molecule has 1 rings (SSSR count). The van der Waals surface area contributed by atoms with Gasteiger partial charge < -0.3 is 9.84 Å². The van der Waals surface area contributed by atoms with Gasteiger partial charge in [-0.25, -0.2) is 13.1 Å². The normalized spacial score (nSPS) is 13.4. The maximum absolute atomic E-state index is 12.2. The SMILES string of the molecule is CCC(NS(=O)(=O)c1ccc(OCCO)cc1)C(C)C. The fourth-order valence-electron chi connectivity index (χ4n) is 1.84. The van der Waals surface area contributed by atoms with Crippen LogP contribution in [0.1, 0.15) is 27.2 Å². The molecule has 0 heterocycles. The molecule has 0 saturated carbocycles. The number of sulfonamides is 1. The summed E-state index contributed by atoms with van der Waals surface area (Å²) in [6.07, 6.45) is 0.745. The summed E-state index contributed by atoms with van der Waals surface area (Å²) in [4.78, 5) is 0.216. The van der Waals surface area contributed by atoms with Crippen molar-refractivity contribution in [3.63, 3.8) is 0 Å². The Morgan fingerprint density at radius 1 is 1.25 bits per heavy atom. The first-order valence-corrected chi connectivity index (χ1v) is 8.25. The van der Waals surface area contributed by atoms with E-state index in [2.05, 4.69) is 4.72 Å². The Labute approximate surface area is 121 Å². The highest BCUT2D eigenvalue weighted by molar-refractivity contribution is 7.89. The van der Waals surface area contributed by atoms with Gasteiger partial charge in [-0.05, 0) is 36.6 Å². The first-order valence-electron chi connectivity index (χ1n) is 6.76. The first-order chi connectivity index (χ1) is 9.40. The molecule has 1 aromatic rings. The van der Waals surface area contributed by atoms with Crippen LogP contribution in [0.5, 0.6) is 5.75 Å². The third kappa shape index (κ3) is 4.77. The fraction of sp³-hybridized carbons (Fsp3) is 0.571. The van der Waals surface area contributed by atoms with E-state index in [9.17, 15) is 8.42 Å². The van der Waals surface area contributed by atoms with Crippen LogP contribution in [0.4, 0.5) is 0 Å². The molecule has 0 amide bonds. The number of nitrogens with one attached hydrogen (secondary N) is 1. The van der Waals surface area contributed by atoms with Crippen LogP contribution in [0.3, 0.4) is 0 Å². The summed E-state index contributed by atoms with van der Waals surface area (Å²) in [6, 6.07) is 6.09. The Kier molecular flexibility index (Phi) is 6.45. The predicted molar refractivity (Wildman–Crippen MR) is 78.3 cm³/mol. The molecule has 0 aromatic heterocycles. The van der Waals surface area contributed by atoms with E-state index in [1.807, 2.05) is 20.8 Å². The minimum absolute atomic E-state index is 0.0752. The first kappa shape index (κ1) is 16.9. The summed E-state index contributed by atoms with van der Waals surface area (Å²) >= 11 is 0. The highest BCUT2D eigenvalue weighted by atomic mass is 32.2. The molecule has 0 aliphatic heterocycles. The van der Waals surface area contributed by atoms with Crippen LogP contribution < -0.4 is 9.46 Å². The zero-order chi connectivity index (χ0) is 15.2. The molecule has 0 aliphatic rings. The lowest BCUT2D eigenvalue weighted by molar-refractivity contribution is 0.201. The van der Waals surface area contributed by atoms with E-state index in [4.69, 9.17) is 9.84 Å². The molecule has 0 saturated heterocycles. The van der Waals surface area contributed by atoms with Crippen molar-refractivity contribution in [3.05, 3.63) is 24.3 Å². The minimum Gasteiger partial charge on any atom is -0.491 e. The number of aliphatic hydroxyl groups excluding tert-OH is 1. The molecule has 0 spiro atoms. The molecule has 0 aliphatic carbocycles. The van der Waals surface area contributed by atoms with Gasteiger partial charge in [0.15, 0.2) is 0 Å². The highest BCUT2D eigenvalue weighted by Crippen LogP contribution is 2.17. The molecule has 0 fully saturated rings. The van der Waals surface area contributed by atoms with Crippen LogP contribution in [-0.4, -0.2) is 32.8 Å². The summed E-state index contributed by atoms with van der Waals surface area (Å²) < 4.78 is 32.4. The van der Waals surface area contributed by atoms with Gasteiger partial charge in [0.05, 0.1) is 11.5 Å². The molecular weight excluding hydrogens is 278 g/mol. The molecular formula is C14H23NO4S. The fourth-order valence-corrected chi connectivity index (χ4v) is 3.30. The van der Waals surface area contributed by atoms with Gasteiger partial charge in [0, 0.05) is 6.04 Å². The average molecular weight is 301 g/mol. The number of rotatable bonds is 8. The largest absolute Gasteiger partial charge is 0.491 e. The molecule has 1 atom stereocenters. The summed E-state index contributed by atoms with van der Waals surface area (Å²) in [5.41, 5.74) is 0. The Bertz CT molecular complexity index is 496. The van der Waals surface area contributed by atoms with Gasteiger partial charge in [-0.2, -0.15) is 0 Å². The van der Waals surface area contributed by atoms with Crippen molar-refractivity contribution in [2.45, 2.75) is 38.1 Å². The molecule has 6 heteroatoms. The number of ether oxygens (including phenoxy) is 1. The average Bonchev–Trinajstić information content (AvgIpc) is 2.42. The number of benzene rings is 1. The van der Waals surface area contributed by atoms with Gasteiger partial charge in [-0.15, -0.1) is 0 Å².